The molecular weight excluding hydrogens is 465 g/mol. The van der Waals surface area contributed by atoms with Gasteiger partial charge in [0.05, 0.1) is 22.2 Å². The van der Waals surface area contributed by atoms with Crippen molar-refractivity contribution in [2.45, 2.75) is 45.4 Å². The molecule has 0 N–H and O–H groups in total. The Morgan fingerprint density at radius 3 is 2.44 bits per heavy atom. The van der Waals surface area contributed by atoms with Crippen molar-refractivity contribution in [3.63, 3.8) is 0 Å². The Bertz CT molecular complexity index is 1310. The summed E-state index contributed by atoms with van der Waals surface area (Å²) in [6, 6.07) is 11.7. The molecule has 4 nitrogen and oxygen atoms in total. The molecule has 3 aromatic rings. The van der Waals surface area contributed by atoms with E-state index in [0.717, 1.165) is 65.5 Å². The predicted octanol–water partition coefficient (Wildman–Crippen LogP) is 6.91. The summed E-state index contributed by atoms with van der Waals surface area (Å²) in [5.74, 6) is 1.64. The van der Waals surface area contributed by atoms with Crippen molar-refractivity contribution in [2.24, 2.45) is 18.9 Å². The van der Waals surface area contributed by atoms with E-state index in [9.17, 15) is 10.1 Å². The third-order valence-corrected chi connectivity index (χ3v) is 8.80. The van der Waals surface area contributed by atoms with Gasteiger partial charge in [0, 0.05) is 48.2 Å². The van der Waals surface area contributed by atoms with Crippen LogP contribution in [0, 0.1) is 30.1 Å². The molecule has 6 heteroatoms. The number of benzene rings is 2. The summed E-state index contributed by atoms with van der Waals surface area (Å²) in [7, 11) is 1.99. The summed E-state index contributed by atoms with van der Waals surface area (Å²) >= 11 is 13.4. The molecule has 0 spiro atoms. The van der Waals surface area contributed by atoms with E-state index in [1.807, 2.05) is 31.0 Å². The molecule has 2 aliphatic rings. The number of carbonyl (C=O) groups excluding carboxylic acids is 1. The maximum atomic E-state index is 13.4. The van der Waals surface area contributed by atoms with E-state index >= 15 is 0 Å². The predicted molar refractivity (Wildman–Crippen MR) is 138 cm³/mol. The van der Waals surface area contributed by atoms with Crippen LogP contribution in [0.3, 0.4) is 0 Å². The fourth-order valence-corrected chi connectivity index (χ4v) is 6.24. The molecule has 1 aliphatic heterocycles. The standard InChI is InChI=1S/C28H29Cl2N3O/c1-17-12-18(16-31)13-26-23(17)14-21(32(26)2)15-24-25(29)7-6-22(27(24)30)28(34)33-10-8-20(9-11-33)19-4-3-5-19/h6-7,12-14,19-20H,3-5,8-11,15H2,1-2H3. The Balaban J connectivity index is 1.41. The van der Waals surface area contributed by atoms with Crippen LogP contribution in [0.2, 0.25) is 10.0 Å². The van der Waals surface area contributed by atoms with Crippen molar-refractivity contribution in [1.82, 2.24) is 9.47 Å². The molecular formula is C28H29Cl2N3O. The normalized spacial score (nSPS) is 17.1. The van der Waals surface area contributed by atoms with E-state index in [2.05, 4.69) is 16.7 Å². The monoisotopic (exact) mass is 493 g/mol. The van der Waals surface area contributed by atoms with Gasteiger partial charge in [-0.25, -0.2) is 0 Å². The molecule has 34 heavy (non-hydrogen) atoms. The van der Waals surface area contributed by atoms with Crippen molar-refractivity contribution < 1.29 is 4.79 Å². The van der Waals surface area contributed by atoms with Crippen LogP contribution in [0.25, 0.3) is 10.9 Å². The Kier molecular flexibility index (Phi) is 6.35. The first-order valence-corrected chi connectivity index (χ1v) is 12.9. The van der Waals surface area contributed by atoms with Gasteiger partial charge in [-0.1, -0.05) is 42.5 Å². The Labute approximate surface area is 211 Å². The highest BCUT2D eigenvalue weighted by Gasteiger charge is 2.32. The quantitative estimate of drug-likeness (QED) is 0.396. The van der Waals surface area contributed by atoms with Crippen LogP contribution in [-0.4, -0.2) is 28.5 Å². The zero-order valence-corrected chi connectivity index (χ0v) is 21.2. The van der Waals surface area contributed by atoms with Crippen molar-refractivity contribution >= 4 is 40.0 Å². The van der Waals surface area contributed by atoms with Gasteiger partial charge in [0.15, 0.2) is 0 Å². The van der Waals surface area contributed by atoms with Gasteiger partial charge >= 0.3 is 0 Å². The zero-order valence-electron chi connectivity index (χ0n) is 19.7. The van der Waals surface area contributed by atoms with Crippen molar-refractivity contribution in [3.8, 4) is 6.07 Å². The van der Waals surface area contributed by atoms with Gasteiger partial charge in [-0.2, -0.15) is 5.26 Å². The van der Waals surface area contributed by atoms with Crippen LogP contribution < -0.4 is 0 Å². The molecule has 0 unspecified atom stereocenters. The fourth-order valence-electron chi connectivity index (χ4n) is 5.66. The molecule has 1 amide bonds. The van der Waals surface area contributed by atoms with Gasteiger partial charge in [-0.3, -0.25) is 4.79 Å². The lowest BCUT2D eigenvalue weighted by molar-refractivity contribution is 0.0609. The average molecular weight is 494 g/mol. The van der Waals surface area contributed by atoms with Crippen LogP contribution in [0.15, 0.2) is 30.3 Å². The summed E-state index contributed by atoms with van der Waals surface area (Å²) < 4.78 is 2.08. The molecule has 1 aliphatic carbocycles. The Hall–Kier alpha value is -2.48. The number of rotatable bonds is 4. The second-order valence-corrected chi connectivity index (χ2v) is 10.7. The molecule has 176 valence electrons. The number of carbonyl (C=O) groups is 1. The minimum atomic E-state index is 0.00141. The molecule has 1 saturated heterocycles. The molecule has 0 radical (unpaired) electrons. The maximum absolute atomic E-state index is 13.4. The van der Waals surface area contributed by atoms with Crippen LogP contribution in [0.1, 0.15) is 64.8 Å². The van der Waals surface area contributed by atoms with E-state index < -0.39 is 0 Å². The summed E-state index contributed by atoms with van der Waals surface area (Å²) in [6.07, 6.45) is 6.77. The SMILES string of the molecule is Cc1cc(C#N)cc2c1cc(Cc1c(Cl)ccc(C(=O)N3CCC(C4CCC4)CC3)c1Cl)n2C. The number of aryl methyl sites for hydroxylation is 2. The van der Waals surface area contributed by atoms with Crippen LogP contribution in [0.4, 0.5) is 0 Å². The van der Waals surface area contributed by atoms with Gasteiger partial charge in [0.1, 0.15) is 0 Å². The number of nitriles is 1. The number of likely N-dealkylation sites (tertiary alicyclic amines) is 1. The molecule has 0 atom stereocenters. The van der Waals surface area contributed by atoms with Gasteiger partial charge in [-0.05, 0) is 73.1 Å². The maximum Gasteiger partial charge on any atom is 0.255 e. The van der Waals surface area contributed by atoms with Crippen LogP contribution in [-0.2, 0) is 13.5 Å². The average Bonchev–Trinajstić information content (AvgIpc) is 3.11. The first-order chi connectivity index (χ1) is 16.4. The highest BCUT2D eigenvalue weighted by atomic mass is 35.5. The smallest absolute Gasteiger partial charge is 0.255 e. The molecule has 2 heterocycles. The van der Waals surface area contributed by atoms with Crippen molar-refractivity contribution in [2.75, 3.05) is 13.1 Å². The highest BCUT2D eigenvalue weighted by molar-refractivity contribution is 6.38. The first-order valence-electron chi connectivity index (χ1n) is 12.1. The second kappa shape index (κ2) is 9.29. The molecule has 5 rings (SSSR count). The summed E-state index contributed by atoms with van der Waals surface area (Å²) in [6.45, 7) is 3.62. The van der Waals surface area contributed by atoms with E-state index in [1.54, 1.807) is 12.1 Å². The van der Waals surface area contributed by atoms with Crippen LogP contribution in [0.5, 0.6) is 0 Å². The zero-order chi connectivity index (χ0) is 24.0. The first kappa shape index (κ1) is 23.3. The lowest BCUT2D eigenvalue weighted by Gasteiger charge is -2.40. The van der Waals surface area contributed by atoms with Gasteiger partial charge < -0.3 is 9.47 Å². The van der Waals surface area contributed by atoms with E-state index in [4.69, 9.17) is 23.2 Å². The van der Waals surface area contributed by atoms with E-state index in [0.29, 0.717) is 27.6 Å². The minimum absolute atomic E-state index is 0.00141. The molecule has 1 saturated carbocycles. The van der Waals surface area contributed by atoms with Gasteiger partial charge in [0.25, 0.3) is 5.91 Å². The fraction of sp³-hybridized carbons (Fsp3) is 0.429. The number of nitrogens with zero attached hydrogens (tertiary/aromatic N) is 3. The third-order valence-electron chi connectivity index (χ3n) is 8.01. The van der Waals surface area contributed by atoms with Crippen molar-refractivity contribution in [1.29, 1.82) is 5.26 Å². The Morgan fingerprint density at radius 2 is 1.79 bits per heavy atom. The number of fused-ring (bicyclic) bond motifs is 1. The number of aromatic nitrogens is 1. The largest absolute Gasteiger partial charge is 0.347 e. The lowest BCUT2D eigenvalue weighted by Crippen LogP contribution is -2.41. The summed E-state index contributed by atoms with van der Waals surface area (Å²) in [5.41, 5.74) is 5.03. The number of hydrogen-bond donors (Lipinski definition) is 0. The number of amides is 1. The van der Waals surface area contributed by atoms with Crippen molar-refractivity contribution in [3.05, 3.63) is 68.3 Å². The second-order valence-electron chi connectivity index (χ2n) is 9.92. The minimum Gasteiger partial charge on any atom is -0.347 e. The summed E-state index contributed by atoms with van der Waals surface area (Å²) in [4.78, 5) is 15.3. The third kappa shape index (κ3) is 4.10. The molecule has 2 fully saturated rings. The highest BCUT2D eigenvalue weighted by Crippen LogP contribution is 2.39. The lowest BCUT2D eigenvalue weighted by atomic mass is 9.72. The number of hydrogen-bond acceptors (Lipinski definition) is 2. The number of piperidine rings is 1. The molecule has 2 aromatic carbocycles. The topological polar surface area (TPSA) is 49.0 Å². The number of halogens is 2. The van der Waals surface area contributed by atoms with Gasteiger partial charge in [0.2, 0.25) is 0 Å². The van der Waals surface area contributed by atoms with E-state index in [1.165, 1.54) is 19.3 Å². The Morgan fingerprint density at radius 1 is 1.09 bits per heavy atom. The molecule has 1 aromatic heterocycles. The van der Waals surface area contributed by atoms with Gasteiger partial charge in [-0.15, -0.1) is 0 Å². The summed E-state index contributed by atoms with van der Waals surface area (Å²) in [5, 5.41) is 11.4. The van der Waals surface area contributed by atoms with E-state index in [-0.39, 0.29) is 5.91 Å². The molecule has 0 bridgehead atoms. The van der Waals surface area contributed by atoms with Crippen LogP contribution >= 0.6 is 23.2 Å².